The molecule has 3 aliphatic rings. The molecule has 0 unspecified atom stereocenters. The lowest BCUT2D eigenvalue weighted by Gasteiger charge is -2.31. The van der Waals surface area contributed by atoms with Crippen LogP contribution < -0.4 is 5.32 Å². The molecule has 1 N–H and O–H groups in total. The summed E-state index contributed by atoms with van der Waals surface area (Å²) >= 11 is 1.42. The van der Waals surface area contributed by atoms with Crippen molar-refractivity contribution in [2.75, 3.05) is 44.6 Å². The highest BCUT2D eigenvalue weighted by Crippen LogP contribution is 2.33. The number of nitrogens with one attached hydrogen (secondary N) is 1. The van der Waals surface area contributed by atoms with Gasteiger partial charge in [-0.25, -0.2) is 13.4 Å². The number of thiazole rings is 1. The summed E-state index contributed by atoms with van der Waals surface area (Å²) in [5.74, 6) is -0.375. The maximum Gasteiger partial charge on any atom is 0.278 e. The molecule has 0 spiro atoms. The minimum atomic E-state index is -3.30. The minimum Gasteiger partial charge on any atom is -0.343 e. The van der Waals surface area contributed by atoms with Crippen molar-refractivity contribution in [3.8, 4) is 0 Å². The molecule has 10 nitrogen and oxygen atoms in total. The second-order valence-electron chi connectivity index (χ2n) is 9.38. The van der Waals surface area contributed by atoms with Gasteiger partial charge in [0.1, 0.15) is 0 Å². The molecule has 2 aliphatic heterocycles. The number of piperazine rings is 1. The standard InChI is InChI=1S/C24H30N6O4S2/c31-17-29-13-11-28(12-14-29)16-19-15-25-24(35-19)26-23(32)22(27-30-9-1-2-10-30)18-3-5-20(6-4-18)36(33,34)21-7-8-21/h3-6,15,17,21H,1-2,7-14,16H2,(H,25,26,32). The molecule has 2 amide bonds. The molecule has 2 saturated heterocycles. The maximum atomic E-state index is 13.3. The van der Waals surface area contributed by atoms with Crippen molar-refractivity contribution in [3.63, 3.8) is 0 Å². The van der Waals surface area contributed by atoms with Gasteiger partial charge in [0.25, 0.3) is 5.91 Å². The zero-order valence-corrected chi connectivity index (χ0v) is 21.6. The first-order valence-electron chi connectivity index (χ1n) is 12.3. The third-order valence-electron chi connectivity index (χ3n) is 6.67. The predicted molar refractivity (Wildman–Crippen MR) is 138 cm³/mol. The van der Waals surface area contributed by atoms with Crippen molar-refractivity contribution < 1.29 is 18.0 Å². The van der Waals surface area contributed by atoms with E-state index < -0.39 is 9.84 Å². The number of hydrogen-bond acceptors (Lipinski definition) is 9. The van der Waals surface area contributed by atoms with Crippen molar-refractivity contribution in [1.29, 1.82) is 0 Å². The molecule has 1 aliphatic carbocycles. The number of nitrogens with zero attached hydrogens (tertiary/aromatic N) is 5. The summed E-state index contributed by atoms with van der Waals surface area (Å²) in [6.07, 6.45) is 6.11. The lowest BCUT2D eigenvalue weighted by Crippen LogP contribution is -2.44. The third kappa shape index (κ3) is 5.76. The van der Waals surface area contributed by atoms with Crippen LogP contribution in [0.4, 0.5) is 5.13 Å². The Kier molecular flexibility index (Phi) is 7.35. The quantitative estimate of drug-likeness (QED) is 0.388. The summed E-state index contributed by atoms with van der Waals surface area (Å²) in [7, 11) is -3.30. The van der Waals surface area contributed by atoms with E-state index in [1.165, 1.54) is 11.3 Å². The van der Waals surface area contributed by atoms with Gasteiger partial charge in [0.2, 0.25) is 6.41 Å². The fraction of sp³-hybridized carbons (Fsp3) is 0.500. The zero-order valence-electron chi connectivity index (χ0n) is 20.0. The summed E-state index contributed by atoms with van der Waals surface area (Å²) in [5.41, 5.74) is 0.813. The number of hydrazone groups is 1. The molecule has 12 heteroatoms. The van der Waals surface area contributed by atoms with Gasteiger partial charge in [0.05, 0.1) is 10.1 Å². The van der Waals surface area contributed by atoms with Crippen LogP contribution in [0.25, 0.3) is 0 Å². The Labute approximate surface area is 214 Å². The Balaban J connectivity index is 1.29. The zero-order chi connectivity index (χ0) is 25.1. The number of carbonyl (C=O) groups is 2. The molecule has 2 aromatic rings. The van der Waals surface area contributed by atoms with E-state index in [4.69, 9.17) is 0 Å². The highest BCUT2D eigenvalue weighted by molar-refractivity contribution is 7.92. The number of hydrogen-bond donors (Lipinski definition) is 1. The Morgan fingerprint density at radius 2 is 1.78 bits per heavy atom. The Hall–Kier alpha value is -2.83. The maximum absolute atomic E-state index is 13.3. The van der Waals surface area contributed by atoms with E-state index >= 15 is 0 Å². The van der Waals surface area contributed by atoms with Gasteiger partial charge < -0.3 is 4.90 Å². The van der Waals surface area contributed by atoms with Gasteiger partial charge in [0, 0.05) is 62.5 Å². The van der Waals surface area contributed by atoms with Gasteiger partial charge in [-0.05, 0) is 37.8 Å². The predicted octanol–water partition coefficient (Wildman–Crippen LogP) is 1.79. The van der Waals surface area contributed by atoms with Gasteiger partial charge in [-0.15, -0.1) is 11.3 Å². The second kappa shape index (κ2) is 10.7. The number of carbonyl (C=O) groups excluding carboxylic acids is 2. The first-order chi connectivity index (χ1) is 17.4. The first kappa shape index (κ1) is 24.8. The molecule has 36 heavy (non-hydrogen) atoms. The van der Waals surface area contributed by atoms with Crippen LogP contribution in [0.2, 0.25) is 0 Å². The molecule has 5 rings (SSSR count). The second-order valence-corrected chi connectivity index (χ2v) is 12.7. The van der Waals surface area contributed by atoms with Gasteiger partial charge in [-0.1, -0.05) is 12.1 Å². The fourth-order valence-electron chi connectivity index (χ4n) is 4.39. The van der Waals surface area contributed by atoms with Crippen LogP contribution >= 0.6 is 11.3 Å². The number of sulfone groups is 1. The van der Waals surface area contributed by atoms with Gasteiger partial charge >= 0.3 is 0 Å². The van der Waals surface area contributed by atoms with Gasteiger partial charge in [0.15, 0.2) is 20.7 Å². The summed E-state index contributed by atoms with van der Waals surface area (Å²) in [6.45, 7) is 5.31. The minimum absolute atomic E-state index is 0.244. The monoisotopic (exact) mass is 530 g/mol. The summed E-state index contributed by atoms with van der Waals surface area (Å²) < 4.78 is 25.1. The number of benzene rings is 1. The van der Waals surface area contributed by atoms with E-state index in [1.807, 2.05) is 5.01 Å². The molecule has 0 bridgehead atoms. The van der Waals surface area contributed by atoms with Crippen molar-refractivity contribution in [1.82, 2.24) is 19.8 Å². The van der Waals surface area contributed by atoms with Crippen LogP contribution in [0.1, 0.15) is 36.1 Å². The average molecular weight is 531 g/mol. The van der Waals surface area contributed by atoms with E-state index in [0.29, 0.717) is 43.2 Å². The van der Waals surface area contributed by atoms with E-state index in [9.17, 15) is 18.0 Å². The van der Waals surface area contributed by atoms with Crippen molar-refractivity contribution >= 4 is 44.3 Å². The Morgan fingerprint density at radius 3 is 2.42 bits per heavy atom. The van der Waals surface area contributed by atoms with E-state index in [2.05, 4.69) is 20.3 Å². The molecule has 3 fully saturated rings. The molecular formula is C24H30N6O4S2. The van der Waals surface area contributed by atoms with E-state index in [0.717, 1.165) is 50.3 Å². The van der Waals surface area contributed by atoms with Crippen LogP contribution in [0.15, 0.2) is 40.5 Å². The van der Waals surface area contributed by atoms with Gasteiger partial charge in [-0.2, -0.15) is 5.10 Å². The number of anilines is 1. The SMILES string of the molecule is O=CN1CCN(Cc2cnc(NC(=O)C(=NN3CCCC3)c3ccc(S(=O)(=O)C4CC4)cc3)s2)CC1. The summed E-state index contributed by atoms with van der Waals surface area (Å²) in [6, 6.07) is 6.47. The molecule has 1 aromatic heterocycles. The van der Waals surface area contributed by atoms with Crippen LogP contribution in [0.5, 0.6) is 0 Å². The normalized spacial score (nSPS) is 19.5. The van der Waals surface area contributed by atoms with E-state index in [1.54, 1.807) is 35.4 Å². The number of aromatic nitrogens is 1. The van der Waals surface area contributed by atoms with Crippen LogP contribution in [-0.4, -0.2) is 90.8 Å². The lowest BCUT2D eigenvalue weighted by molar-refractivity contribution is -0.119. The third-order valence-corrected chi connectivity index (χ3v) is 9.84. The Bertz CT molecular complexity index is 1230. The fourth-order valence-corrected chi connectivity index (χ4v) is 6.90. The summed E-state index contributed by atoms with van der Waals surface area (Å²) in [5, 5.41) is 9.60. The van der Waals surface area contributed by atoms with Crippen LogP contribution in [0.3, 0.4) is 0 Å². The van der Waals surface area contributed by atoms with Crippen LogP contribution in [0, 0.1) is 0 Å². The highest BCUT2D eigenvalue weighted by Gasteiger charge is 2.36. The smallest absolute Gasteiger partial charge is 0.278 e. The topological polar surface area (TPSA) is 115 Å². The highest BCUT2D eigenvalue weighted by atomic mass is 32.2. The molecule has 0 radical (unpaired) electrons. The molecule has 3 heterocycles. The number of rotatable bonds is 9. The van der Waals surface area contributed by atoms with Crippen molar-refractivity contribution in [2.24, 2.45) is 5.10 Å². The van der Waals surface area contributed by atoms with Gasteiger partial charge in [-0.3, -0.25) is 24.8 Å². The summed E-state index contributed by atoms with van der Waals surface area (Å²) in [4.78, 5) is 33.9. The largest absolute Gasteiger partial charge is 0.343 e. The molecular weight excluding hydrogens is 500 g/mol. The number of amides is 2. The van der Waals surface area contributed by atoms with E-state index in [-0.39, 0.29) is 21.8 Å². The molecule has 0 atom stereocenters. The lowest BCUT2D eigenvalue weighted by atomic mass is 10.1. The van der Waals surface area contributed by atoms with Crippen LogP contribution in [-0.2, 0) is 26.0 Å². The average Bonchev–Trinajstić information content (AvgIpc) is 3.48. The molecule has 192 valence electrons. The first-order valence-corrected chi connectivity index (χ1v) is 14.6. The molecule has 1 aromatic carbocycles. The van der Waals surface area contributed by atoms with Crippen molar-refractivity contribution in [2.45, 2.75) is 42.4 Å². The van der Waals surface area contributed by atoms with Crippen molar-refractivity contribution in [3.05, 3.63) is 40.9 Å². The molecule has 1 saturated carbocycles. The Morgan fingerprint density at radius 1 is 1.08 bits per heavy atom.